The van der Waals surface area contributed by atoms with Gasteiger partial charge in [-0.3, -0.25) is 14.2 Å². The van der Waals surface area contributed by atoms with Gasteiger partial charge < -0.3 is 5.32 Å². The van der Waals surface area contributed by atoms with Crippen molar-refractivity contribution in [1.82, 2.24) is 14.9 Å². The zero-order valence-corrected chi connectivity index (χ0v) is 17.3. The molecule has 3 rings (SSSR count). The maximum Gasteiger partial charge on any atom is 0.263 e. The van der Waals surface area contributed by atoms with Crippen LogP contribution in [-0.4, -0.2) is 27.3 Å². The Labute approximate surface area is 167 Å². The topological polar surface area (TPSA) is 64.0 Å². The molecule has 5 nitrogen and oxygen atoms in total. The lowest BCUT2D eigenvalue weighted by atomic mass is 10.1. The van der Waals surface area contributed by atoms with Gasteiger partial charge in [-0.15, -0.1) is 24.5 Å². The van der Waals surface area contributed by atoms with Gasteiger partial charge in [0.05, 0.1) is 10.6 Å². The van der Waals surface area contributed by atoms with Crippen molar-refractivity contribution in [1.29, 1.82) is 0 Å². The molecule has 0 saturated carbocycles. The Morgan fingerprint density at radius 2 is 2.11 bits per heavy atom. The molecule has 7 heteroatoms. The third-order valence-corrected chi connectivity index (χ3v) is 6.95. The van der Waals surface area contributed by atoms with Crippen LogP contribution in [0.15, 0.2) is 35.3 Å². The van der Waals surface area contributed by atoms with Crippen LogP contribution in [0, 0.1) is 0 Å². The van der Waals surface area contributed by atoms with E-state index in [9.17, 15) is 9.59 Å². The minimum absolute atomic E-state index is 0.0134. The van der Waals surface area contributed by atoms with Crippen molar-refractivity contribution in [3.63, 3.8) is 0 Å². The summed E-state index contributed by atoms with van der Waals surface area (Å²) in [6.07, 6.45) is 8.83. The van der Waals surface area contributed by atoms with Crippen molar-refractivity contribution in [3.8, 4) is 0 Å². The molecule has 0 aromatic carbocycles. The number of nitrogens with one attached hydrogen (secondary N) is 1. The molecule has 27 heavy (non-hydrogen) atoms. The fourth-order valence-electron chi connectivity index (χ4n) is 3.30. The van der Waals surface area contributed by atoms with Crippen molar-refractivity contribution in [2.75, 3.05) is 6.54 Å². The van der Waals surface area contributed by atoms with Crippen molar-refractivity contribution in [3.05, 3.63) is 46.1 Å². The molecule has 144 valence electrons. The van der Waals surface area contributed by atoms with Crippen molar-refractivity contribution in [2.45, 2.75) is 56.0 Å². The maximum atomic E-state index is 13.3. The van der Waals surface area contributed by atoms with E-state index in [-0.39, 0.29) is 16.7 Å². The highest BCUT2D eigenvalue weighted by Gasteiger charge is 2.23. The monoisotopic (exact) mass is 403 g/mol. The number of carbonyl (C=O) groups is 1. The molecule has 0 spiro atoms. The predicted molar refractivity (Wildman–Crippen MR) is 114 cm³/mol. The summed E-state index contributed by atoms with van der Waals surface area (Å²) in [4.78, 5) is 32.4. The van der Waals surface area contributed by atoms with E-state index in [4.69, 9.17) is 4.98 Å². The number of amides is 1. The molecule has 0 unspecified atom stereocenters. The van der Waals surface area contributed by atoms with E-state index in [0.29, 0.717) is 18.2 Å². The van der Waals surface area contributed by atoms with Crippen LogP contribution in [0.4, 0.5) is 0 Å². The number of allylic oxidation sites excluding steroid dienone is 1. The molecule has 1 amide bonds. The van der Waals surface area contributed by atoms with E-state index >= 15 is 0 Å². The van der Waals surface area contributed by atoms with Gasteiger partial charge in [0.15, 0.2) is 5.16 Å². The van der Waals surface area contributed by atoms with Gasteiger partial charge in [0.1, 0.15) is 4.83 Å². The van der Waals surface area contributed by atoms with E-state index in [1.54, 1.807) is 28.1 Å². The second-order valence-electron chi connectivity index (χ2n) is 6.64. The van der Waals surface area contributed by atoms with Crippen molar-refractivity contribution < 1.29 is 4.79 Å². The number of fused-ring (bicyclic) bond motifs is 3. The first-order valence-electron chi connectivity index (χ1n) is 9.28. The van der Waals surface area contributed by atoms with E-state index in [1.165, 1.54) is 35.0 Å². The molecule has 2 aromatic heterocycles. The molecule has 0 saturated heterocycles. The van der Waals surface area contributed by atoms with E-state index in [2.05, 4.69) is 18.5 Å². The summed E-state index contributed by atoms with van der Waals surface area (Å²) in [5.41, 5.74) is 1.18. The second kappa shape index (κ2) is 8.89. The fourth-order valence-corrected chi connectivity index (χ4v) is 5.55. The summed E-state index contributed by atoms with van der Waals surface area (Å²) < 4.78 is 1.65. The molecular formula is C20H25N3O2S2. The van der Waals surface area contributed by atoms with Crippen molar-refractivity contribution in [2.24, 2.45) is 0 Å². The molecule has 0 radical (unpaired) electrons. The molecule has 1 N–H and O–H groups in total. The van der Waals surface area contributed by atoms with Crippen LogP contribution in [0.1, 0.15) is 36.6 Å². The quantitative estimate of drug-likeness (QED) is 0.331. The van der Waals surface area contributed by atoms with E-state index < -0.39 is 0 Å². The molecule has 1 aliphatic carbocycles. The summed E-state index contributed by atoms with van der Waals surface area (Å²) in [5.74, 6) is -0.0960. The Bertz CT molecular complexity index is 929. The molecule has 0 fully saturated rings. The highest BCUT2D eigenvalue weighted by atomic mass is 32.2. The normalized spacial score (nSPS) is 15.0. The standard InChI is InChI=1S/C20H25N3O2S2/c1-4-11-21-17(24)13(3)26-20-22-18-16(19(25)23(20)12-5-2)14-9-7-6-8-10-15(14)27-18/h4-5,13H,1-2,6-12H2,3H3,(H,21,24)/t13-/m1/s1. The smallest absolute Gasteiger partial charge is 0.263 e. The van der Waals surface area contributed by atoms with E-state index in [1.807, 2.05) is 6.92 Å². The minimum Gasteiger partial charge on any atom is -0.352 e. The summed E-state index contributed by atoms with van der Waals surface area (Å²) >= 11 is 2.95. The van der Waals surface area contributed by atoms with Crippen LogP contribution >= 0.6 is 23.1 Å². The highest BCUT2D eigenvalue weighted by Crippen LogP contribution is 2.34. The largest absolute Gasteiger partial charge is 0.352 e. The Kier molecular flexibility index (Phi) is 6.55. The molecule has 1 aliphatic rings. The van der Waals surface area contributed by atoms with Crippen LogP contribution in [0.2, 0.25) is 0 Å². The molecule has 2 heterocycles. The summed E-state index contributed by atoms with van der Waals surface area (Å²) in [6, 6.07) is 0. The first-order valence-corrected chi connectivity index (χ1v) is 11.0. The molecular weight excluding hydrogens is 378 g/mol. The Balaban J connectivity index is 2.03. The number of thiophene rings is 1. The molecule has 0 aliphatic heterocycles. The van der Waals surface area contributed by atoms with Crippen LogP contribution in [0.5, 0.6) is 0 Å². The number of nitrogens with zero attached hydrogens (tertiary/aromatic N) is 2. The van der Waals surface area contributed by atoms with Gasteiger partial charge in [-0.1, -0.05) is 30.3 Å². The average Bonchev–Trinajstić information content (AvgIpc) is 2.84. The average molecular weight is 404 g/mol. The van der Waals surface area contributed by atoms with Gasteiger partial charge in [-0.05, 0) is 38.2 Å². The van der Waals surface area contributed by atoms with E-state index in [0.717, 1.165) is 29.5 Å². The Morgan fingerprint density at radius 3 is 2.85 bits per heavy atom. The number of hydrogen-bond donors (Lipinski definition) is 1. The lowest BCUT2D eigenvalue weighted by Gasteiger charge is -2.14. The molecule has 1 atom stereocenters. The van der Waals surface area contributed by atoms with Gasteiger partial charge in [-0.2, -0.15) is 0 Å². The lowest BCUT2D eigenvalue weighted by molar-refractivity contribution is -0.120. The van der Waals surface area contributed by atoms with Crippen LogP contribution in [0.25, 0.3) is 10.2 Å². The minimum atomic E-state index is -0.358. The third kappa shape index (κ3) is 4.19. The highest BCUT2D eigenvalue weighted by molar-refractivity contribution is 8.00. The third-order valence-electron chi connectivity index (χ3n) is 4.67. The number of rotatable bonds is 7. The fraction of sp³-hybridized carbons (Fsp3) is 0.450. The van der Waals surface area contributed by atoms with Crippen molar-refractivity contribution >= 4 is 39.2 Å². The zero-order chi connectivity index (χ0) is 19.4. The molecule has 0 bridgehead atoms. The Morgan fingerprint density at radius 1 is 1.33 bits per heavy atom. The van der Waals surface area contributed by atoms with Gasteiger partial charge in [-0.25, -0.2) is 4.98 Å². The number of aromatic nitrogens is 2. The first-order chi connectivity index (χ1) is 13.1. The number of carbonyl (C=O) groups excluding carboxylic acids is 1. The number of hydrogen-bond acceptors (Lipinski definition) is 5. The maximum absolute atomic E-state index is 13.3. The zero-order valence-electron chi connectivity index (χ0n) is 15.6. The van der Waals surface area contributed by atoms with Gasteiger partial charge in [0.2, 0.25) is 5.91 Å². The predicted octanol–water partition coefficient (Wildman–Crippen LogP) is 3.70. The second-order valence-corrected chi connectivity index (χ2v) is 9.03. The number of thioether (sulfide) groups is 1. The molecule has 2 aromatic rings. The van der Waals surface area contributed by atoms with Crippen LogP contribution < -0.4 is 10.9 Å². The van der Waals surface area contributed by atoms with Gasteiger partial charge in [0, 0.05) is 18.0 Å². The first kappa shape index (κ1) is 19.9. The van der Waals surface area contributed by atoms with Crippen LogP contribution in [0.3, 0.4) is 0 Å². The van der Waals surface area contributed by atoms with Gasteiger partial charge in [0.25, 0.3) is 5.56 Å². The van der Waals surface area contributed by atoms with Gasteiger partial charge >= 0.3 is 0 Å². The SMILES string of the molecule is C=CCNC(=O)[C@@H](C)Sc1nc2sc3c(c2c(=O)n1CC=C)CCCCC3. The summed E-state index contributed by atoms with van der Waals surface area (Å²) in [6.45, 7) is 10.0. The lowest BCUT2D eigenvalue weighted by Crippen LogP contribution is -2.32. The summed E-state index contributed by atoms with van der Waals surface area (Å²) in [7, 11) is 0. The number of aryl methyl sites for hydroxylation is 2. The Hall–Kier alpha value is -1.86. The van der Waals surface area contributed by atoms with Crippen LogP contribution in [-0.2, 0) is 24.2 Å². The summed E-state index contributed by atoms with van der Waals surface area (Å²) in [5, 5.41) is 3.78.